The lowest BCUT2D eigenvalue weighted by atomic mass is 9.94. The Hall–Kier alpha value is -1.59. The van der Waals surface area contributed by atoms with E-state index in [1.165, 1.54) is 0 Å². The first-order chi connectivity index (χ1) is 9.20. The molecule has 1 heterocycles. The highest BCUT2D eigenvalue weighted by Crippen LogP contribution is 2.17. The second-order valence-electron chi connectivity index (χ2n) is 4.84. The number of likely N-dealkylation sites (tertiary alicyclic amines) is 1. The van der Waals surface area contributed by atoms with Crippen molar-refractivity contribution in [2.45, 2.75) is 19.1 Å². The molecule has 1 amide bonds. The largest absolute Gasteiger partial charge is 0.445 e. The number of carbonyl (C=O) groups is 1. The standard InChI is InChI=1S/C14H20N2O3/c15-8-12-6-7-16(9-13(12)17)14(18)19-10-11-4-2-1-3-5-11/h1-5,12-13,17H,6-10,15H2/t12-,13+/m1/s1. The zero-order valence-corrected chi connectivity index (χ0v) is 10.9. The van der Waals surface area contributed by atoms with E-state index in [0.29, 0.717) is 19.6 Å². The third kappa shape index (κ3) is 3.68. The number of carbonyl (C=O) groups excluding carboxylic acids is 1. The van der Waals surface area contributed by atoms with Gasteiger partial charge in [0, 0.05) is 12.5 Å². The summed E-state index contributed by atoms with van der Waals surface area (Å²) < 4.78 is 5.23. The van der Waals surface area contributed by atoms with Crippen LogP contribution in [-0.4, -0.2) is 41.8 Å². The smallest absolute Gasteiger partial charge is 0.410 e. The third-order valence-corrected chi connectivity index (χ3v) is 3.49. The van der Waals surface area contributed by atoms with Crippen LogP contribution in [0.1, 0.15) is 12.0 Å². The molecule has 3 N–H and O–H groups in total. The van der Waals surface area contributed by atoms with Crippen LogP contribution in [0.5, 0.6) is 0 Å². The highest BCUT2D eigenvalue weighted by Gasteiger charge is 2.29. The fraction of sp³-hybridized carbons (Fsp3) is 0.500. The van der Waals surface area contributed by atoms with Crippen molar-refractivity contribution in [3.63, 3.8) is 0 Å². The summed E-state index contributed by atoms with van der Waals surface area (Å²) in [5, 5.41) is 9.84. The van der Waals surface area contributed by atoms with Crippen LogP contribution in [-0.2, 0) is 11.3 Å². The monoisotopic (exact) mass is 264 g/mol. The zero-order valence-electron chi connectivity index (χ0n) is 10.9. The number of benzene rings is 1. The van der Waals surface area contributed by atoms with E-state index in [2.05, 4.69) is 0 Å². The Labute approximate surface area is 113 Å². The van der Waals surface area contributed by atoms with Crippen LogP contribution in [0.25, 0.3) is 0 Å². The van der Waals surface area contributed by atoms with Crippen LogP contribution in [0.4, 0.5) is 4.79 Å². The lowest BCUT2D eigenvalue weighted by molar-refractivity contribution is 0.0163. The molecule has 0 unspecified atom stereocenters. The van der Waals surface area contributed by atoms with Gasteiger partial charge in [0.15, 0.2) is 0 Å². The van der Waals surface area contributed by atoms with Crippen molar-refractivity contribution in [1.82, 2.24) is 4.90 Å². The van der Waals surface area contributed by atoms with Gasteiger partial charge in [-0.05, 0) is 18.5 Å². The van der Waals surface area contributed by atoms with E-state index in [4.69, 9.17) is 10.5 Å². The van der Waals surface area contributed by atoms with E-state index in [-0.39, 0.29) is 18.6 Å². The molecular weight excluding hydrogens is 244 g/mol. The Morgan fingerprint density at radius 2 is 2.16 bits per heavy atom. The lowest BCUT2D eigenvalue weighted by Gasteiger charge is -2.34. The molecular formula is C14H20N2O3. The molecule has 0 radical (unpaired) electrons. The average molecular weight is 264 g/mol. The summed E-state index contributed by atoms with van der Waals surface area (Å²) in [6.07, 6.45) is -0.209. The number of nitrogens with two attached hydrogens (primary N) is 1. The second-order valence-corrected chi connectivity index (χ2v) is 4.84. The SMILES string of the molecule is NC[C@H]1CCN(C(=O)OCc2ccccc2)C[C@@H]1O. The van der Waals surface area contributed by atoms with Crippen molar-refractivity contribution in [3.05, 3.63) is 35.9 Å². The summed E-state index contributed by atoms with van der Waals surface area (Å²) in [6, 6.07) is 9.53. The lowest BCUT2D eigenvalue weighted by Crippen LogP contribution is -2.48. The number of hydrogen-bond acceptors (Lipinski definition) is 4. The maximum Gasteiger partial charge on any atom is 0.410 e. The van der Waals surface area contributed by atoms with Gasteiger partial charge in [-0.2, -0.15) is 0 Å². The molecule has 1 aromatic carbocycles. The molecule has 1 aliphatic rings. The summed E-state index contributed by atoms with van der Waals surface area (Å²) in [5.74, 6) is 0.0816. The highest BCUT2D eigenvalue weighted by molar-refractivity contribution is 5.67. The van der Waals surface area contributed by atoms with Gasteiger partial charge in [0.1, 0.15) is 6.61 Å². The Morgan fingerprint density at radius 1 is 1.42 bits per heavy atom. The zero-order chi connectivity index (χ0) is 13.7. The van der Waals surface area contributed by atoms with Gasteiger partial charge >= 0.3 is 6.09 Å². The first-order valence-electron chi connectivity index (χ1n) is 6.54. The molecule has 0 aliphatic carbocycles. The molecule has 0 bridgehead atoms. The van der Waals surface area contributed by atoms with Crippen LogP contribution >= 0.6 is 0 Å². The molecule has 2 rings (SSSR count). The van der Waals surface area contributed by atoms with Crippen LogP contribution < -0.4 is 5.73 Å². The molecule has 5 nitrogen and oxygen atoms in total. The molecule has 2 atom stereocenters. The minimum absolute atomic E-state index is 0.0816. The number of hydrogen-bond donors (Lipinski definition) is 2. The third-order valence-electron chi connectivity index (χ3n) is 3.49. The molecule has 0 saturated carbocycles. The van der Waals surface area contributed by atoms with E-state index in [9.17, 15) is 9.90 Å². The van der Waals surface area contributed by atoms with Gasteiger partial charge in [0.25, 0.3) is 0 Å². The Kier molecular flexibility index (Phi) is 4.76. The summed E-state index contributed by atoms with van der Waals surface area (Å²) >= 11 is 0. The normalized spacial score (nSPS) is 23.2. The summed E-state index contributed by atoms with van der Waals surface area (Å²) in [7, 11) is 0. The number of ether oxygens (including phenoxy) is 1. The van der Waals surface area contributed by atoms with Crippen LogP contribution in [0.15, 0.2) is 30.3 Å². The number of aliphatic hydroxyl groups is 1. The molecule has 19 heavy (non-hydrogen) atoms. The Bertz CT molecular complexity index is 410. The van der Waals surface area contributed by atoms with Gasteiger partial charge in [-0.25, -0.2) is 4.79 Å². The van der Waals surface area contributed by atoms with Crippen molar-refractivity contribution < 1.29 is 14.6 Å². The molecule has 1 aliphatic heterocycles. The van der Waals surface area contributed by atoms with Gasteiger partial charge in [-0.3, -0.25) is 0 Å². The number of piperidine rings is 1. The fourth-order valence-electron chi connectivity index (χ4n) is 2.23. The predicted molar refractivity (Wildman–Crippen MR) is 71.4 cm³/mol. The number of amides is 1. The molecule has 104 valence electrons. The van der Waals surface area contributed by atoms with Gasteiger partial charge in [-0.15, -0.1) is 0 Å². The number of rotatable bonds is 3. The minimum atomic E-state index is -0.553. The molecule has 0 aromatic heterocycles. The van der Waals surface area contributed by atoms with Crippen molar-refractivity contribution in [1.29, 1.82) is 0 Å². The second kappa shape index (κ2) is 6.54. The van der Waals surface area contributed by atoms with Crippen molar-refractivity contribution in [2.75, 3.05) is 19.6 Å². The average Bonchev–Trinajstić information content (AvgIpc) is 2.45. The molecule has 1 saturated heterocycles. The highest BCUT2D eigenvalue weighted by atomic mass is 16.6. The van der Waals surface area contributed by atoms with E-state index >= 15 is 0 Å². The van der Waals surface area contributed by atoms with Gasteiger partial charge in [0.05, 0.1) is 12.6 Å². The fourth-order valence-corrected chi connectivity index (χ4v) is 2.23. The van der Waals surface area contributed by atoms with Crippen molar-refractivity contribution >= 4 is 6.09 Å². The maximum atomic E-state index is 11.9. The van der Waals surface area contributed by atoms with Crippen molar-refractivity contribution in [3.8, 4) is 0 Å². The quantitative estimate of drug-likeness (QED) is 0.852. The maximum absolute atomic E-state index is 11.9. The molecule has 1 fully saturated rings. The number of nitrogens with zero attached hydrogens (tertiary/aromatic N) is 1. The van der Waals surface area contributed by atoms with Crippen molar-refractivity contribution in [2.24, 2.45) is 11.7 Å². The Morgan fingerprint density at radius 3 is 2.79 bits per heavy atom. The van der Waals surface area contributed by atoms with E-state index in [0.717, 1.165) is 12.0 Å². The Balaban J connectivity index is 1.81. The van der Waals surface area contributed by atoms with Gasteiger partial charge in [0.2, 0.25) is 0 Å². The first-order valence-corrected chi connectivity index (χ1v) is 6.54. The topological polar surface area (TPSA) is 75.8 Å². The number of β-amino-alcohol motifs (C(OH)–C–C–N with tert-alkyl or cyclic N) is 1. The summed E-state index contributed by atoms with van der Waals surface area (Å²) in [4.78, 5) is 13.4. The van der Waals surface area contributed by atoms with Gasteiger partial charge < -0.3 is 20.5 Å². The van der Waals surface area contributed by atoms with Crippen LogP contribution in [0.2, 0.25) is 0 Å². The van der Waals surface area contributed by atoms with E-state index in [1.807, 2.05) is 30.3 Å². The predicted octanol–water partition coefficient (Wildman–Crippen LogP) is 0.965. The van der Waals surface area contributed by atoms with Crippen LogP contribution in [0.3, 0.4) is 0 Å². The molecule has 1 aromatic rings. The number of aliphatic hydroxyl groups excluding tert-OH is 1. The minimum Gasteiger partial charge on any atom is -0.445 e. The van der Waals surface area contributed by atoms with Crippen LogP contribution in [0, 0.1) is 5.92 Å². The van der Waals surface area contributed by atoms with Gasteiger partial charge in [-0.1, -0.05) is 30.3 Å². The molecule has 0 spiro atoms. The van der Waals surface area contributed by atoms with E-state index < -0.39 is 6.10 Å². The first kappa shape index (κ1) is 13.8. The summed E-state index contributed by atoms with van der Waals surface area (Å²) in [5.41, 5.74) is 6.51. The summed E-state index contributed by atoms with van der Waals surface area (Å²) in [6.45, 7) is 1.60. The molecule has 5 heteroatoms. The van der Waals surface area contributed by atoms with E-state index in [1.54, 1.807) is 4.90 Å².